The minimum atomic E-state index is -0.0729. The molecule has 16 heavy (non-hydrogen) atoms. The number of pyridine rings is 1. The van der Waals surface area contributed by atoms with E-state index in [9.17, 15) is 5.11 Å². The van der Waals surface area contributed by atoms with Crippen molar-refractivity contribution < 1.29 is 10.2 Å². The highest BCUT2D eigenvalue weighted by molar-refractivity contribution is 5.60. The third-order valence-electron chi connectivity index (χ3n) is 2.51. The molecule has 1 heterocycles. The third kappa shape index (κ3) is 2.10. The summed E-state index contributed by atoms with van der Waals surface area (Å²) in [5.74, 6) is 0. The van der Waals surface area contributed by atoms with Crippen molar-refractivity contribution >= 4 is 0 Å². The molecule has 1 aromatic heterocycles. The number of benzene rings is 1. The highest BCUT2D eigenvalue weighted by atomic mass is 16.3. The second-order valence-corrected chi connectivity index (χ2v) is 3.51. The average molecular weight is 215 g/mol. The van der Waals surface area contributed by atoms with Gasteiger partial charge in [0.1, 0.15) is 0 Å². The maximum absolute atomic E-state index is 9.19. The number of rotatable bonds is 3. The highest BCUT2D eigenvalue weighted by Gasteiger charge is 2.04. The minimum Gasteiger partial charge on any atom is -0.392 e. The van der Waals surface area contributed by atoms with Crippen LogP contribution in [-0.2, 0) is 13.2 Å². The molecule has 0 aliphatic heterocycles. The van der Waals surface area contributed by atoms with Gasteiger partial charge in [0, 0.05) is 11.8 Å². The molecule has 2 rings (SSSR count). The van der Waals surface area contributed by atoms with E-state index in [2.05, 4.69) is 4.98 Å². The van der Waals surface area contributed by atoms with E-state index in [1.807, 2.05) is 36.4 Å². The molecular weight excluding hydrogens is 202 g/mol. The Hall–Kier alpha value is -1.71. The normalized spacial score (nSPS) is 10.4. The topological polar surface area (TPSA) is 53.4 Å². The van der Waals surface area contributed by atoms with E-state index in [4.69, 9.17) is 5.11 Å². The quantitative estimate of drug-likeness (QED) is 0.819. The molecule has 0 saturated carbocycles. The molecule has 0 saturated heterocycles. The molecule has 3 nitrogen and oxygen atoms in total. The van der Waals surface area contributed by atoms with Gasteiger partial charge in [0.2, 0.25) is 0 Å². The van der Waals surface area contributed by atoms with Crippen LogP contribution in [0.3, 0.4) is 0 Å². The van der Waals surface area contributed by atoms with Gasteiger partial charge in [-0.15, -0.1) is 0 Å². The Morgan fingerprint density at radius 3 is 2.38 bits per heavy atom. The van der Waals surface area contributed by atoms with E-state index in [1.54, 1.807) is 6.20 Å². The Bertz CT molecular complexity index is 469. The van der Waals surface area contributed by atoms with Crippen LogP contribution in [0.2, 0.25) is 0 Å². The lowest BCUT2D eigenvalue weighted by Gasteiger charge is -2.07. The van der Waals surface area contributed by atoms with E-state index in [0.717, 1.165) is 22.4 Å². The van der Waals surface area contributed by atoms with E-state index in [1.165, 1.54) is 0 Å². The Morgan fingerprint density at radius 2 is 1.75 bits per heavy atom. The maximum atomic E-state index is 9.19. The van der Waals surface area contributed by atoms with Gasteiger partial charge >= 0.3 is 0 Å². The van der Waals surface area contributed by atoms with Gasteiger partial charge in [0.05, 0.1) is 18.9 Å². The Morgan fingerprint density at radius 1 is 0.938 bits per heavy atom. The van der Waals surface area contributed by atoms with Gasteiger partial charge < -0.3 is 10.2 Å². The summed E-state index contributed by atoms with van der Waals surface area (Å²) in [6, 6.07) is 11.3. The zero-order chi connectivity index (χ0) is 11.4. The van der Waals surface area contributed by atoms with Crippen molar-refractivity contribution in [2.45, 2.75) is 13.2 Å². The molecule has 2 N–H and O–H groups in total. The first-order valence-corrected chi connectivity index (χ1v) is 5.10. The first-order chi connectivity index (χ1) is 7.85. The van der Waals surface area contributed by atoms with Crippen LogP contribution in [0.1, 0.15) is 11.1 Å². The van der Waals surface area contributed by atoms with Crippen molar-refractivity contribution in [3.8, 4) is 11.3 Å². The predicted molar refractivity (Wildman–Crippen MR) is 61.5 cm³/mol. The summed E-state index contributed by atoms with van der Waals surface area (Å²) in [4.78, 5) is 4.24. The van der Waals surface area contributed by atoms with Crippen LogP contribution in [0.5, 0.6) is 0 Å². The lowest BCUT2D eigenvalue weighted by atomic mass is 10.0. The fourth-order valence-corrected chi connectivity index (χ4v) is 1.62. The highest BCUT2D eigenvalue weighted by Crippen LogP contribution is 2.20. The first-order valence-electron chi connectivity index (χ1n) is 5.10. The number of nitrogens with zero attached hydrogens (tertiary/aromatic N) is 1. The predicted octanol–water partition coefficient (Wildman–Crippen LogP) is 1.73. The van der Waals surface area contributed by atoms with Crippen LogP contribution in [0.25, 0.3) is 11.3 Å². The molecular formula is C13H13NO2. The van der Waals surface area contributed by atoms with E-state index >= 15 is 0 Å². The average Bonchev–Trinajstić information content (AvgIpc) is 2.39. The second-order valence-electron chi connectivity index (χ2n) is 3.51. The van der Waals surface area contributed by atoms with Crippen molar-refractivity contribution in [1.29, 1.82) is 0 Å². The van der Waals surface area contributed by atoms with Gasteiger partial charge in [-0.2, -0.15) is 0 Å². The van der Waals surface area contributed by atoms with Gasteiger partial charge in [0.15, 0.2) is 0 Å². The summed E-state index contributed by atoms with van der Waals surface area (Å²) in [7, 11) is 0. The molecule has 0 fully saturated rings. The summed E-state index contributed by atoms with van der Waals surface area (Å²) < 4.78 is 0. The van der Waals surface area contributed by atoms with Crippen LogP contribution in [-0.4, -0.2) is 15.2 Å². The first kappa shape index (κ1) is 10.8. The summed E-state index contributed by atoms with van der Waals surface area (Å²) in [6.45, 7) is -0.130. The van der Waals surface area contributed by atoms with Gasteiger partial charge in [-0.25, -0.2) is 0 Å². The fraction of sp³-hybridized carbons (Fsp3) is 0.154. The molecule has 0 amide bonds. The van der Waals surface area contributed by atoms with Crippen LogP contribution in [0.15, 0.2) is 42.6 Å². The summed E-state index contributed by atoms with van der Waals surface area (Å²) >= 11 is 0. The van der Waals surface area contributed by atoms with Crippen LogP contribution >= 0.6 is 0 Å². The maximum Gasteiger partial charge on any atom is 0.0702 e. The molecule has 0 bridgehead atoms. The lowest BCUT2D eigenvalue weighted by molar-refractivity contribution is 0.260. The summed E-state index contributed by atoms with van der Waals surface area (Å²) in [5.41, 5.74) is 3.30. The minimum absolute atomic E-state index is 0.0572. The largest absolute Gasteiger partial charge is 0.392 e. The Labute approximate surface area is 94.0 Å². The van der Waals surface area contributed by atoms with E-state index in [-0.39, 0.29) is 13.2 Å². The molecule has 0 atom stereocenters. The third-order valence-corrected chi connectivity index (χ3v) is 2.51. The molecule has 0 radical (unpaired) electrons. The van der Waals surface area contributed by atoms with Crippen molar-refractivity contribution in [3.63, 3.8) is 0 Å². The SMILES string of the molecule is OCc1ccc(-c2ccccn2)cc1CO. The summed E-state index contributed by atoms with van der Waals surface area (Å²) in [6.07, 6.45) is 1.73. The number of hydrogen-bond donors (Lipinski definition) is 2. The molecule has 0 unspecified atom stereocenters. The van der Waals surface area contributed by atoms with Crippen LogP contribution in [0, 0.1) is 0 Å². The van der Waals surface area contributed by atoms with Gasteiger partial charge in [0.25, 0.3) is 0 Å². The number of aliphatic hydroxyl groups is 2. The molecule has 0 aliphatic rings. The molecule has 2 aromatic rings. The lowest BCUT2D eigenvalue weighted by Crippen LogP contribution is -1.95. The summed E-state index contributed by atoms with van der Waals surface area (Å²) in [5, 5.41) is 18.3. The van der Waals surface area contributed by atoms with Gasteiger partial charge in [-0.3, -0.25) is 4.98 Å². The molecule has 82 valence electrons. The van der Waals surface area contributed by atoms with Crippen molar-refractivity contribution in [2.24, 2.45) is 0 Å². The van der Waals surface area contributed by atoms with Crippen LogP contribution in [0.4, 0.5) is 0 Å². The van der Waals surface area contributed by atoms with E-state index < -0.39 is 0 Å². The van der Waals surface area contributed by atoms with Crippen molar-refractivity contribution in [2.75, 3.05) is 0 Å². The monoisotopic (exact) mass is 215 g/mol. The van der Waals surface area contributed by atoms with Crippen LogP contribution < -0.4 is 0 Å². The van der Waals surface area contributed by atoms with Gasteiger partial charge in [-0.1, -0.05) is 18.2 Å². The standard InChI is InChI=1S/C13H13NO2/c15-8-11-5-4-10(7-12(11)9-16)13-3-1-2-6-14-13/h1-7,15-16H,8-9H2. The number of aromatic nitrogens is 1. The molecule has 1 aromatic carbocycles. The molecule has 0 aliphatic carbocycles. The number of aliphatic hydroxyl groups excluding tert-OH is 2. The second kappa shape index (κ2) is 4.88. The fourth-order valence-electron chi connectivity index (χ4n) is 1.62. The number of hydrogen-bond acceptors (Lipinski definition) is 3. The van der Waals surface area contributed by atoms with Crippen molar-refractivity contribution in [1.82, 2.24) is 4.98 Å². The van der Waals surface area contributed by atoms with E-state index in [0.29, 0.717) is 0 Å². The van der Waals surface area contributed by atoms with Crippen molar-refractivity contribution in [3.05, 3.63) is 53.7 Å². The Balaban J connectivity index is 2.44. The zero-order valence-electron chi connectivity index (χ0n) is 8.80. The smallest absolute Gasteiger partial charge is 0.0702 e. The Kier molecular flexibility index (Phi) is 3.29. The van der Waals surface area contributed by atoms with Gasteiger partial charge in [-0.05, 0) is 29.3 Å². The zero-order valence-corrected chi connectivity index (χ0v) is 8.80. The molecule has 3 heteroatoms. The molecule has 0 spiro atoms.